The molecule has 0 fully saturated rings. The predicted molar refractivity (Wildman–Crippen MR) is 123 cm³/mol. The van der Waals surface area contributed by atoms with Gasteiger partial charge in [-0.15, -0.1) is 10.2 Å². The fourth-order valence-electron chi connectivity index (χ4n) is 3.28. The number of methoxy groups -OCH3 is 1. The Hall–Kier alpha value is -3.65. The van der Waals surface area contributed by atoms with E-state index in [4.69, 9.17) is 4.74 Å². The first-order valence-corrected chi connectivity index (χ1v) is 11.1. The minimum Gasteiger partial charge on any atom is -0.497 e. The summed E-state index contributed by atoms with van der Waals surface area (Å²) in [5.74, 6) is 0.836. The number of aromatic nitrogens is 3. The second-order valence-electron chi connectivity index (χ2n) is 6.91. The summed E-state index contributed by atoms with van der Waals surface area (Å²) in [4.78, 5) is 12.8. The van der Waals surface area contributed by atoms with E-state index in [0.717, 1.165) is 27.7 Å². The Morgan fingerprint density at radius 3 is 2.47 bits per heavy atom. The van der Waals surface area contributed by atoms with Gasteiger partial charge in [0.15, 0.2) is 11.0 Å². The van der Waals surface area contributed by atoms with Gasteiger partial charge in [0.2, 0.25) is 0 Å². The number of carbonyl (C=O) groups is 1. The van der Waals surface area contributed by atoms with Crippen molar-refractivity contribution in [3.63, 3.8) is 0 Å². The molecule has 6 nitrogen and oxygen atoms in total. The number of hydrogen-bond acceptors (Lipinski definition) is 5. The van der Waals surface area contributed by atoms with Crippen molar-refractivity contribution < 1.29 is 13.9 Å². The Morgan fingerprint density at radius 1 is 1.03 bits per heavy atom. The lowest BCUT2D eigenvalue weighted by molar-refractivity contribution is 0.0949. The van der Waals surface area contributed by atoms with Gasteiger partial charge in [0, 0.05) is 11.3 Å². The van der Waals surface area contributed by atoms with E-state index in [0.29, 0.717) is 11.4 Å². The van der Waals surface area contributed by atoms with Crippen molar-refractivity contribution in [2.45, 2.75) is 11.7 Å². The van der Waals surface area contributed by atoms with Crippen LogP contribution in [0.4, 0.5) is 4.39 Å². The summed E-state index contributed by atoms with van der Waals surface area (Å²) in [5.41, 5.74) is 3.06. The largest absolute Gasteiger partial charge is 0.497 e. The lowest BCUT2D eigenvalue weighted by Crippen LogP contribution is -2.24. The molecule has 32 heavy (non-hydrogen) atoms. The van der Waals surface area contributed by atoms with E-state index in [2.05, 4.69) is 15.5 Å². The van der Waals surface area contributed by atoms with Gasteiger partial charge in [-0.25, -0.2) is 4.39 Å². The molecule has 4 aromatic rings. The first-order valence-electron chi connectivity index (χ1n) is 9.86. The number of ether oxygens (including phenoxy) is 1. The lowest BCUT2D eigenvalue weighted by atomic mass is 10.0. The zero-order chi connectivity index (χ0) is 22.5. The van der Waals surface area contributed by atoms with E-state index in [9.17, 15) is 9.18 Å². The number of rotatable bonds is 7. The molecule has 0 aliphatic rings. The Labute approximate surface area is 189 Å². The number of amides is 1. The van der Waals surface area contributed by atoms with Crippen LogP contribution in [-0.4, -0.2) is 34.0 Å². The van der Waals surface area contributed by atoms with Crippen molar-refractivity contribution >= 4 is 17.7 Å². The van der Waals surface area contributed by atoms with Gasteiger partial charge in [0.25, 0.3) is 5.91 Å². The van der Waals surface area contributed by atoms with Crippen LogP contribution in [-0.2, 0) is 6.54 Å². The Kier molecular flexibility index (Phi) is 6.51. The molecule has 162 valence electrons. The molecule has 1 heterocycles. The number of thioether (sulfide) groups is 1. The van der Waals surface area contributed by atoms with E-state index >= 15 is 0 Å². The molecule has 0 atom stereocenters. The summed E-state index contributed by atoms with van der Waals surface area (Å²) in [6, 6.07) is 20.9. The van der Waals surface area contributed by atoms with Crippen molar-refractivity contribution in [2.75, 3.05) is 13.4 Å². The fourth-order valence-corrected chi connectivity index (χ4v) is 3.80. The summed E-state index contributed by atoms with van der Waals surface area (Å²) < 4.78 is 20.3. The molecule has 0 saturated heterocycles. The maximum atomic E-state index is 13.2. The van der Waals surface area contributed by atoms with Gasteiger partial charge in [-0.3, -0.25) is 9.36 Å². The lowest BCUT2D eigenvalue weighted by Gasteiger charge is -2.11. The fraction of sp³-hybridized carbons (Fsp3) is 0.125. The van der Waals surface area contributed by atoms with E-state index in [1.165, 1.54) is 23.9 Å². The van der Waals surface area contributed by atoms with Crippen LogP contribution >= 0.6 is 11.8 Å². The second-order valence-corrected chi connectivity index (χ2v) is 7.68. The van der Waals surface area contributed by atoms with Crippen molar-refractivity contribution in [3.05, 3.63) is 90.0 Å². The maximum Gasteiger partial charge on any atom is 0.251 e. The Morgan fingerprint density at radius 2 is 1.78 bits per heavy atom. The molecule has 8 heteroatoms. The molecule has 1 amide bonds. The van der Waals surface area contributed by atoms with Crippen LogP contribution < -0.4 is 10.1 Å². The monoisotopic (exact) mass is 448 g/mol. The molecule has 3 aromatic carbocycles. The van der Waals surface area contributed by atoms with Crippen LogP contribution in [0, 0.1) is 5.82 Å². The van der Waals surface area contributed by atoms with E-state index in [-0.39, 0.29) is 18.3 Å². The van der Waals surface area contributed by atoms with Crippen LogP contribution in [0.25, 0.3) is 16.8 Å². The Balaban J connectivity index is 1.53. The van der Waals surface area contributed by atoms with Gasteiger partial charge in [-0.2, -0.15) is 0 Å². The number of halogens is 1. The molecule has 0 bridgehead atoms. The molecule has 0 radical (unpaired) electrons. The third kappa shape index (κ3) is 4.65. The number of nitrogens with one attached hydrogen (secondary N) is 1. The SMILES string of the molecule is COc1ccc(-n2c(CNC(=O)c3cccc(-c4ccc(F)cc4)c3)nnc2SC)cc1. The summed E-state index contributed by atoms with van der Waals surface area (Å²) in [5, 5.41) is 12.1. The van der Waals surface area contributed by atoms with Gasteiger partial charge in [-0.05, 0) is 65.9 Å². The molecule has 0 aliphatic heterocycles. The van der Waals surface area contributed by atoms with Crippen molar-refractivity contribution in [1.82, 2.24) is 20.1 Å². The minimum atomic E-state index is -0.298. The third-order valence-corrected chi connectivity index (χ3v) is 5.55. The first kappa shape index (κ1) is 21.6. The maximum absolute atomic E-state index is 13.2. The molecule has 0 saturated carbocycles. The molecule has 1 N–H and O–H groups in total. The van der Waals surface area contributed by atoms with Crippen LogP contribution in [0.15, 0.2) is 78.0 Å². The molecular weight excluding hydrogens is 427 g/mol. The molecule has 0 unspecified atom stereocenters. The van der Waals surface area contributed by atoms with Gasteiger partial charge >= 0.3 is 0 Å². The van der Waals surface area contributed by atoms with Gasteiger partial charge in [-0.1, -0.05) is 36.0 Å². The van der Waals surface area contributed by atoms with Crippen LogP contribution in [0.1, 0.15) is 16.2 Å². The molecule has 0 aliphatic carbocycles. The van der Waals surface area contributed by atoms with Gasteiger partial charge in [0.05, 0.1) is 13.7 Å². The molecule has 1 aromatic heterocycles. The van der Waals surface area contributed by atoms with Gasteiger partial charge in [0.1, 0.15) is 11.6 Å². The minimum absolute atomic E-state index is 0.208. The molecule has 4 rings (SSSR count). The van der Waals surface area contributed by atoms with Crippen LogP contribution in [0.2, 0.25) is 0 Å². The highest BCUT2D eigenvalue weighted by molar-refractivity contribution is 7.98. The van der Waals surface area contributed by atoms with E-state index in [1.54, 1.807) is 37.4 Å². The molecule has 0 spiro atoms. The highest BCUT2D eigenvalue weighted by atomic mass is 32.2. The average molecular weight is 449 g/mol. The highest BCUT2D eigenvalue weighted by Gasteiger charge is 2.15. The average Bonchev–Trinajstić information content (AvgIpc) is 3.26. The topological polar surface area (TPSA) is 69.0 Å². The zero-order valence-electron chi connectivity index (χ0n) is 17.6. The van der Waals surface area contributed by atoms with Crippen LogP contribution in [0.3, 0.4) is 0 Å². The quantitative estimate of drug-likeness (QED) is 0.414. The molecular formula is C24H21FN4O2S. The smallest absolute Gasteiger partial charge is 0.251 e. The van der Waals surface area contributed by atoms with Gasteiger partial charge < -0.3 is 10.1 Å². The number of hydrogen-bond donors (Lipinski definition) is 1. The summed E-state index contributed by atoms with van der Waals surface area (Å²) in [6.07, 6.45) is 1.92. The van der Waals surface area contributed by atoms with Crippen molar-refractivity contribution in [1.29, 1.82) is 0 Å². The normalized spacial score (nSPS) is 10.7. The third-order valence-electron chi connectivity index (χ3n) is 4.92. The highest BCUT2D eigenvalue weighted by Crippen LogP contribution is 2.23. The Bertz CT molecular complexity index is 1220. The van der Waals surface area contributed by atoms with E-state index in [1.807, 2.05) is 41.2 Å². The van der Waals surface area contributed by atoms with E-state index < -0.39 is 0 Å². The number of carbonyl (C=O) groups excluding carboxylic acids is 1. The summed E-state index contributed by atoms with van der Waals surface area (Å²) >= 11 is 1.47. The number of benzene rings is 3. The van der Waals surface area contributed by atoms with Crippen molar-refractivity contribution in [2.24, 2.45) is 0 Å². The predicted octanol–water partition coefficient (Wildman–Crippen LogP) is 4.73. The second kappa shape index (κ2) is 9.65. The number of nitrogens with zero attached hydrogens (tertiary/aromatic N) is 3. The standard InChI is InChI=1S/C24H21FN4O2S/c1-31-21-12-10-20(11-13-21)29-22(27-28-24(29)32-2)15-26-23(30)18-5-3-4-17(14-18)16-6-8-19(25)9-7-16/h3-14H,15H2,1-2H3,(H,26,30). The summed E-state index contributed by atoms with van der Waals surface area (Å²) in [6.45, 7) is 0.208. The van der Waals surface area contributed by atoms with Crippen LogP contribution in [0.5, 0.6) is 5.75 Å². The summed E-state index contributed by atoms with van der Waals surface area (Å²) in [7, 11) is 1.62. The first-order chi connectivity index (χ1) is 15.6. The zero-order valence-corrected chi connectivity index (χ0v) is 18.4. The van der Waals surface area contributed by atoms with Crippen molar-refractivity contribution in [3.8, 4) is 22.6 Å².